The molecule has 0 aliphatic carbocycles. The summed E-state index contributed by atoms with van der Waals surface area (Å²) in [6.07, 6.45) is 7.13. The Morgan fingerprint density at radius 2 is 2.00 bits per heavy atom. The van der Waals surface area contributed by atoms with Crippen molar-refractivity contribution in [3.63, 3.8) is 0 Å². The molecule has 0 saturated carbocycles. The SMILES string of the molecule is O=C(c1ccccn1)N1CCCC(CCc2noc(-c3ccccn3)n2)C1. The Bertz CT molecular complexity index is 882. The van der Waals surface area contributed by atoms with Crippen molar-refractivity contribution in [2.45, 2.75) is 25.7 Å². The van der Waals surface area contributed by atoms with Gasteiger partial charge < -0.3 is 9.42 Å². The van der Waals surface area contributed by atoms with Crippen LogP contribution >= 0.6 is 0 Å². The molecule has 1 atom stereocenters. The van der Waals surface area contributed by atoms with Gasteiger partial charge in [0.25, 0.3) is 11.8 Å². The number of hydrogen-bond donors (Lipinski definition) is 0. The fourth-order valence-electron chi connectivity index (χ4n) is 3.42. The Labute approximate surface area is 157 Å². The maximum atomic E-state index is 12.6. The Hall–Kier alpha value is -3.09. The molecule has 1 aliphatic rings. The van der Waals surface area contributed by atoms with Gasteiger partial charge in [-0.2, -0.15) is 4.98 Å². The molecule has 0 N–H and O–H groups in total. The first-order chi connectivity index (χ1) is 13.3. The maximum Gasteiger partial charge on any atom is 0.276 e. The standard InChI is InChI=1S/C20H21N5O2/c26-20(17-8-2-4-12-22-17)25-13-5-6-15(14-25)9-10-18-23-19(27-24-18)16-7-1-3-11-21-16/h1-4,7-8,11-12,15H,5-6,9-10,13-14H2. The van der Waals surface area contributed by atoms with Gasteiger partial charge in [0, 0.05) is 31.9 Å². The van der Waals surface area contributed by atoms with Crippen LogP contribution in [0.2, 0.25) is 0 Å². The number of carbonyl (C=O) groups excluding carboxylic acids is 1. The van der Waals surface area contributed by atoms with Crippen LogP contribution in [0.25, 0.3) is 11.6 Å². The molecule has 1 saturated heterocycles. The first kappa shape index (κ1) is 17.3. The minimum atomic E-state index is 0.0114. The number of amides is 1. The quantitative estimate of drug-likeness (QED) is 0.693. The number of nitrogens with zero attached hydrogens (tertiary/aromatic N) is 5. The molecular formula is C20H21N5O2. The van der Waals surface area contributed by atoms with Gasteiger partial charge in [-0.1, -0.05) is 17.3 Å². The molecule has 3 aromatic heterocycles. The van der Waals surface area contributed by atoms with Crippen molar-refractivity contribution in [3.8, 4) is 11.6 Å². The van der Waals surface area contributed by atoms with Crippen molar-refractivity contribution in [3.05, 3.63) is 60.3 Å². The molecule has 3 aromatic rings. The number of piperidine rings is 1. The second-order valence-corrected chi connectivity index (χ2v) is 6.74. The molecule has 0 bridgehead atoms. The summed E-state index contributed by atoms with van der Waals surface area (Å²) in [6, 6.07) is 11.0. The average Bonchev–Trinajstić information content (AvgIpc) is 3.22. The molecule has 1 aliphatic heterocycles. The minimum Gasteiger partial charge on any atom is -0.337 e. The van der Waals surface area contributed by atoms with E-state index in [1.165, 1.54) is 0 Å². The van der Waals surface area contributed by atoms with E-state index in [0.29, 0.717) is 29.0 Å². The molecule has 4 heterocycles. The summed E-state index contributed by atoms with van der Waals surface area (Å²) in [5, 5.41) is 4.06. The number of hydrogen-bond acceptors (Lipinski definition) is 6. The van der Waals surface area contributed by atoms with E-state index in [4.69, 9.17) is 4.52 Å². The third kappa shape index (κ3) is 4.19. The van der Waals surface area contributed by atoms with E-state index in [9.17, 15) is 4.79 Å². The molecule has 7 heteroatoms. The third-order valence-corrected chi connectivity index (χ3v) is 4.82. The third-order valence-electron chi connectivity index (χ3n) is 4.82. The summed E-state index contributed by atoms with van der Waals surface area (Å²) in [5.41, 5.74) is 1.19. The summed E-state index contributed by atoms with van der Waals surface area (Å²) >= 11 is 0. The van der Waals surface area contributed by atoms with Gasteiger partial charge in [-0.25, -0.2) is 0 Å². The molecular weight excluding hydrogens is 342 g/mol. The lowest BCUT2D eigenvalue weighted by atomic mass is 9.93. The second-order valence-electron chi connectivity index (χ2n) is 6.74. The number of pyridine rings is 2. The summed E-state index contributed by atoms with van der Waals surface area (Å²) in [7, 11) is 0. The Balaban J connectivity index is 1.34. The zero-order chi connectivity index (χ0) is 18.5. The van der Waals surface area contributed by atoms with Crippen molar-refractivity contribution in [1.29, 1.82) is 0 Å². The van der Waals surface area contributed by atoms with E-state index in [1.807, 2.05) is 35.2 Å². The van der Waals surface area contributed by atoms with Crippen molar-refractivity contribution >= 4 is 5.91 Å². The van der Waals surface area contributed by atoms with Crippen molar-refractivity contribution < 1.29 is 9.32 Å². The van der Waals surface area contributed by atoms with Crippen LogP contribution in [0.4, 0.5) is 0 Å². The van der Waals surface area contributed by atoms with Crippen molar-refractivity contribution in [2.24, 2.45) is 5.92 Å². The lowest BCUT2D eigenvalue weighted by Gasteiger charge is -2.32. The summed E-state index contributed by atoms with van der Waals surface area (Å²) < 4.78 is 5.31. The lowest BCUT2D eigenvalue weighted by molar-refractivity contribution is 0.0662. The predicted molar refractivity (Wildman–Crippen MR) is 98.7 cm³/mol. The maximum absolute atomic E-state index is 12.6. The van der Waals surface area contributed by atoms with Gasteiger partial charge in [-0.15, -0.1) is 0 Å². The van der Waals surface area contributed by atoms with Crippen LogP contribution in [0, 0.1) is 5.92 Å². The fourth-order valence-corrected chi connectivity index (χ4v) is 3.42. The monoisotopic (exact) mass is 363 g/mol. The molecule has 1 unspecified atom stereocenters. The second kappa shape index (κ2) is 8.07. The molecule has 7 nitrogen and oxygen atoms in total. The average molecular weight is 363 g/mol. The van der Waals surface area contributed by atoms with Crippen LogP contribution in [0.1, 0.15) is 35.6 Å². The number of carbonyl (C=O) groups is 1. The van der Waals surface area contributed by atoms with Crippen LogP contribution in [-0.2, 0) is 6.42 Å². The topological polar surface area (TPSA) is 85.0 Å². The largest absolute Gasteiger partial charge is 0.337 e. The number of likely N-dealkylation sites (tertiary alicyclic amines) is 1. The van der Waals surface area contributed by atoms with Gasteiger partial charge in [0.05, 0.1) is 0 Å². The van der Waals surface area contributed by atoms with E-state index in [-0.39, 0.29) is 5.91 Å². The smallest absolute Gasteiger partial charge is 0.276 e. The molecule has 1 amide bonds. The van der Waals surface area contributed by atoms with Gasteiger partial charge in [-0.3, -0.25) is 14.8 Å². The highest BCUT2D eigenvalue weighted by molar-refractivity contribution is 5.92. The highest BCUT2D eigenvalue weighted by Crippen LogP contribution is 2.23. The van der Waals surface area contributed by atoms with Crippen LogP contribution in [0.5, 0.6) is 0 Å². The van der Waals surface area contributed by atoms with Gasteiger partial charge in [0.15, 0.2) is 5.82 Å². The van der Waals surface area contributed by atoms with Crippen LogP contribution in [-0.4, -0.2) is 44.0 Å². The lowest BCUT2D eigenvalue weighted by Crippen LogP contribution is -2.40. The molecule has 1 fully saturated rings. The van der Waals surface area contributed by atoms with E-state index < -0.39 is 0 Å². The first-order valence-electron chi connectivity index (χ1n) is 9.24. The van der Waals surface area contributed by atoms with Gasteiger partial charge in [0.1, 0.15) is 11.4 Å². The van der Waals surface area contributed by atoms with E-state index in [2.05, 4.69) is 20.1 Å². The highest BCUT2D eigenvalue weighted by Gasteiger charge is 2.25. The van der Waals surface area contributed by atoms with Gasteiger partial charge in [0.2, 0.25) is 0 Å². The highest BCUT2D eigenvalue weighted by atomic mass is 16.5. The molecule has 0 aromatic carbocycles. The Kier molecular flexibility index (Phi) is 5.18. The fraction of sp³-hybridized carbons (Fsp3) is 0.350. The molecule has 0 radical (unpaired) electrons. The van der Waals surface area contributed by atoms with Gasteiger partial charge >= 0.3 is 0 Å². The summed E-state index contributed by atoms with van der Waals surface area (Å²) in [5.74, 6) is 1.57. The number of rotatable bonds is 5. The summed E-state index contributed by atoms with van der Waals surface area (Å²) in [4.78, 5) is 27.3. The van der Waals surface area contributed by atoms with Gasteiger partial charge in [-0.05, 0) is 49.4 Å². The first-order valence-corrected chi connectivity index (χ1v) is 9.24. The predicted octanol–water partition coefficient (Wildman–Crippen LogP) is 3.01. The molecule has 0 spiro atoms. The molecule has 27 heavy (non-hydrogen) atoms. The molecule has 138 valence electrons. The zero-order valence-electron chi connectivity index (χ0n) is 15.0. The van der Waals surface area contributed by atoms with Crippen molar-refractivity contribution in [1.82, 2.24) is 25.0 Å². The van der Waals surface area contributed by atoms with E-state index in [1.54, 1.807) is 18.5 Å². The Morgan fingerprint density at radius 1 is 1.15 bits per heavy atom. The van der Waals surface area contributed by atoms with E-state index in [0.717, 1.165) is 38.8 Å². The number of aromatic nitrogens is 4. The zero-order valence-corrected chi connectivity index (χ0v) is 15.0. The summed E-state index contributed by atoms with van der Waals surface area (Å²) in [6.45, 7) is 1.54. The minimum absolute atomic E-state index is 0.0114. The van der Waals surface area contributed by atoms with Crippen LogP contribution < -0.4 is 0 Å². The normalized spacial score (nSPS) is 17.0. The van der Waals surface area contributed by atoms with Crippen LogP contribution in [0.15, 0.2) is 53.3 Å². The van der Waals surface area contributed by atoms with E-state index >= 15 is 0 Å². The Morgan fingerprint density at radius 3 is 2.78 bits per heavy atom. The van der Waals surface area contributed by atoms with Crippen LogP contribution in [0.3, 0.4) is 0 Å². The van der Waals surface area contributed by atoms with Crippen molar-refractivity contribution in [2.75, 3.05) is 13.1 Å². The number of aryl methyl sites for hydroxylation is 1. The molecule has 4 rings (SSSR count).